The number of benzene rings is 1. The molecule has 5 heteroatoms. The summed E-state index contributed by atoms with van der Waals surface area (Å²) in [6.45, 7) is 0.469. The van der Waals surface area contributed by atoms with Gasteiger partial charge in [0.1, 0.15) is 12.1 Å². The van der Waals surface area contributed by atoms with Crippen molar-refractivity contribution in [2.45, 2.75) is 31.3 Å². The Kier molecular flexibility index (Phi) is 4.16. The van der Waals surface area contributed by atoms with E-state index in [1.807, 2.05) is 18.2 Å². The number of carbonyl (C=O) groups excluding carboxylic acids is 1. The Morgan fingerprint density at radius 1 is 1.26 bits per heavy atom. The number of aliphatic carboxylic acids is 1. The van der Waals surface area contributed by atoms with Crippen molar-refractivity contribution in [1.29, 1.82) is 0 Å². The Morgan fingerprint density at radius 3 is 2.58 bits per heavy atom. The zero-order chi connectivity index (χ0) is 13.8. The van der Waals surface area contributed by atoms with Gasteiger partial charge in [-0.15, -0.1) is 0 Å². The molecule has 0 radical (unpaired) electrons. The molecule has 0 bridgehead atoms. The zero-order valence-electron chi connectivity index (χ0n) is 10.7. The highest BCUT2D eigenvalue weighted by Gasteiger charge is 2.34. The number of carbonyl (C=O) groups is 2. The number of hydrogen-bond acceptors (Lipinski definition) is 3. The molecular weight excluding hydrogens is 244 g/mol. The molecule has 1 heterocycles. The van der Waals surface area contributed by atoms with Gasteiger partial charge in [0, 0.05) is 6.54 Å². The highest BCUT2D eigenvalue weighted by atomic mass is 16.4. The monoisotopic (exact) mass is 262 g/mol. The van der Waals surface area contributed by atoms with E-state index >= 15 is 0 Å². The maximum absolute atomic E-state index is 12.4. The van der Waals surface area contributed by atoms with Gasteiger partial charge in [-0.05, 0) is 24.8 Å². The summed E-state index contributed by atoms with van der Waals surface area (Å²) < 4.78 is 0. The van der Waals surface area contributed by atoms with Gasteiger partial charge in [0.2, 0.25) is 5.91 Å². The number of likely N-dealkylation sites (tertiary alicyclic amines) is 1. The highest BCUT2D eigenvalue weighted by Crippen LogP contribution is 2.21. The van der Waals surface area contributed by atoms with Crippen molar-refractivity contribution < 1.29 is 14.7 Å². The maximum atomic E-state index is 12.4. The van der Waals surface area contributed by atoms with Gasteiger partial charge in [0.05, 0.1) is 0 Å². The van der Waals surface area contributed by atoms with Gasteiger partial charge in [-0.1, -0.05) is 30.3 Å². The number of nitrogens with two attached hydrogens (primary N) is 1. The molecular formula is C14H18N2O3. The predicted molar refractivity (Wildman–Crippen MR) is 70.4 cm³/mol. The third kappa shape index (κ3) is 2.93. The fourth-order valence-electron chi connectivity index (χ4n) is 2.43. The molecule has 1 fully saturated rings. The summed E-state index contributed by atoms with van der Waals surface area (Å²) in [6.07, 6.45) is 2.17. The predicted octanol–water partition coefficient (Wildman–Crippen LogP) is 1.15. The standard InChI is InChI=1S/C14H18N2O3/c15-12(10-6-2-1-3-7-10)13(17)16-9-5-4-8-11(16)14(18)19/h1-3,6-7,11-12H,4-5,8-9,15H2,(H,18,19)/t11-,12-/m1/s1. The zero-order valence-corrected chi connectivity index (χ0v) is 10.7. The van der Waals surface area contributed by atoms with Crippen molar-refractivity contribution in [1.82, 2.24) is 4.90 Å². The first-order valence-electron chi connectivity index (χ1n) is 6.45. The van der Waals surface area contributed by atoms with Crippen molar-refractivity contribution in [3.8, 4) is 0 Å². The minimum atomic E-state index is -0.951. The molecule has 0 unspecified atom stereocenters. The van der Waals surface area contributed by atoms with Crippen molar-refractivity contribution in [3.63, 3.8) is 0 Å². The molecule has 1 aliphatic rings. The molecule has 2 atom stereocenters. The van der Waals surface area contributed by atoms with Crippen LogP contribution in [0.15, 0.2) is 30.3 Å². The summed E-state index contributed by atoms with van der Waals surface area (Å²) in [6, 6.07) is 7.50. The Balaban J connectivity index is 2.15. The summed E-state index contributed by atoms with van der Waals surface area (Å²) in [4.78, 5) is 25.0. The molecule has 0 saturated carbocycles. The number of carboxylic acid groups (broad SMARTS) is 1. The number of piperidine rings is 1. The lowest BCUT2D eigenvalue weighted by molar-refractivity contribution is -0.152. The minimum absolute atomic E-state index is 0.307. The lowest BCUT2D eigenvalue weighted by Crippen LogP contribution is -2.50. The van der Waals surface area contributed by atoms with Gasteiger partial charge >= 0.3 is 5.97 Å². The molecule has 19 heavy (non-hydrogen) atoms. The average molecular weight is 262 g/mol. The lowest BCUT2D eigenvalue weighted by atomic mass is 9.99. The van der Waals surface area contributed by atoms with Gasteiger partial charge in [-0.2, -0.15) is 0 Å². The fraction of sp³-hybridized carbons (Fsp3) is 0.429. The quantitative estimate of drug-likeness (QED) is 0.856. The molecule has 5 nitrogen and oxygen atoms in total. The van der Waals surface area contributed by atoms with Crippen molar-refractivity contribution in [2.24, 2.45) is 5.73 Å². The van der Waals surface area contributed by atoms with E-state index < -0.39 is 18.1 Å². The van der Waals surface area contributed by atoms with Crippen LogP contribution >= 0.6 is 0 Å². The topological polar surface area (TPSA) is 83.6 Å². The SMILES string of the molecule is N[C@@H](C(=O)N1CCCC[C@@H]1C(=O)O)c1ccccc1. The Hall–Kier alpha value is -1.88. The number of nitrogens with zero attached hydrogens (tertiary/aromatic N) is 1. The normalized spacial score (nSPS) is 20.9. The molecule has 0 spiro atoms. The smallest absolute Gasteiger partial charge is 0.326 e. The van der Waals surface area contributed by atoms with Gasteiger partial charge in [-0.3, -0.25) is 4.79 Å². The molecule has 0 aromatic heterocycles. The molecule has 3 N–H and O–H groups in total. The van der Waals surface area contributed by atoms with Crippen LogP contribution in [0.3, 0.4) is 0 Å². The third-order valence-electron chi connectivity index (χ3n) is 3.50. The summed E-state index contributed by atoms with van der Waals surface area (Å²) >= 11 is 0. The molecule has 1 amide bonds. The van der Waals surface area contributed by atoms with E-state index in [0.717, 1.165) is 12.8 Å². The second-order valence-electron chi connectivity index (χ2n) is 4.77. The van der Waals surface area contributed by atoms with Crippen LogP contribution in [0.4, 0.5) is 0 Å². The first kappa shape index (κ1) is 13.5. The second-order valence-corrected chi connectivity index (χ2v) is 4.77. The number of carboxylic acids is 1. The van der Waals surface area contributed by atoms with Crippen LogP contribution in [-0.4, -0.2) is 34.5 Å². The summed E-state index contributed by atoms with van der Waals surface area (Å²) in [5.41, 5.74) is 6.66. The summed E-state index contributed by atoms with van der Waals surface area (Å²) in [7, 11) is 0. The van der Waals surface area contributed by atoms with E-state index in [0.29, 0.717) is 18.5 Å². The average Bonchev–Trinajstić information content (AvgIpc) is 2.46. The summed E-state index contributed by atoms with van der Waals surface area (Å²) in [5, 5.41) is 9.18. The number of amides is 1. The van der Waals surface area contributed by atoms with Gasteiger partial charge in [-0.25, -0.2) is 4.79 Å². The number of hydrogen-bond donors (Lipinski definition) is 2. The first-order chi connectivity index (χ1) is 9.11. The van der Waals surface area contributed by atoms with Crippen molar-refractivity contribution in [2.75, 3.05) is 6.54 Å². The van der Waals surface area contributed by atoms with E-state index in [9.17, 15) is 14.7 Å². The van der Waals surface area contributed by atoms with E-state index in [-0.39, 0.29) is 5.91 Å². The van der Waals surface area contributed by atoms with E-state index in [1.54, 1.807) is 12.1 Å². The Labute approximate surface area is 112 Å². The highest BCUT2D eigenvalue weighted by molar-refractivity contribution is 5.87. The van der Waals surface area contributed by atoms with Crippen LogP contribution in [0.25, 0.3) is 0 Å². The van der Waals surface area contributed by atoms with Gasteiger partial charge in [0.15, 0.2) is 0 Å². The van der Waals surface area contributed by atoms with Crippen LogP contribution in [0, 0.1) is 0 Å². The van der Waals surface area contributed by atoms with Crippen LogP contribution < -0.4 is 5.73 Å². The van der Waals surface area contributed by atoms with Crippen LogP contribution in [-0.2, 0) is 9.59 Å². The molecule has 1 aliphatic heterocycles. The van der Waals surface area contributed by atoms with Crippen molar-refractivity contribution >= 4 is 11.9 Å². The Morgan fingerprint density at radius 2 is 1.95 bits per heavy atom. The first-order valence-corrected chi connectivity index (χ1v) is 6.45. The molecule has 1 aromatic rings. The maximum Gasteiger partial charge on any atom is 0.326 e. The van der Waals surface area contributed by atoms with Gasteiger partial charge in [0.25, 0.3) is 0 Å². The lowest BCUT2D eigenvalue weighted by Gasteiger charge is -2.34. The summed E-state index contributed by atoms with van der Waals surface area (Å²) in [5.74, 6) is -1.26. The molecule has 1 saturated heterocycles. The van der Waals surface area contributed by atoms with Crippen LogP contribution in [0.2, 0.25) is 0 Å². The molecule has 2 rings (SSSR count). The molecule has 1 aromatic carbocycles. The minimum Gasteiger partial charge on any atom is -0.480 e. The fourth-order valence-corrected chi connectivity index (χ4v) is 2.43. The van der Waals surface area contributed by atoms with E-state index in [4.69, 9.17) is 5.73 Å². The van der Waals surface area contributed by atoms with E-state index in [2.05, 4.69) is 0 Å². The second kappa shape index (κ2) is 5.84. The molecule has 102 valence electrons. The number of rotatable bonds is 3. The largest absolute Gasteiger partial charge is 0.480 e. The Bertz CT molecular complexity index is 461. The molecule has 0 aliphatic carbocycles. The third-order valence-corrected chi connectivity index (χ3v) is 3.50. The van der Waals surface area contributed by atoms with Gasteiger partial charge < -0.3 is 15.7 Å². The van der Waals surface area contributed by atoms with Crippen molar-refractivity contribution in [3.05, 3.63) is 35.9 Å². The van der Waals surface area contributed by atoms with E-state index in [1.165, 1.54) is 4.90 Å². The van der Waals surface area contributed by atoms with Crippen LogP contribution in [0.1, 0.15) is 30.9 Å². The van der Waals surface area contributed by atoms with Crippen LogP contribution in [0.5, 0.6) is 0 Å².